The first-order valence-corrected chi connectivity index (χ1v) is 6.09. The highest BCUT2D eigenvalue weighted by atomic mass is 16.4. The monoisotopic (exact) mass is 235 g/mol. The van der Waals surface area contributed by atoms with Gasteiger partial charge in [-0.25, -0.2) is 0 Å². The minimum atomic E-state index is -0.738. The summed E-state index contributed by atoms with van der Waals surface area (Å²) in [4.78, 5) is 13.0. The summed E-state index contributed by atoms with van der Waals surface area (Å²) in [5, 5.41) is 8.96. The summed E-state index contributed by atoms with van der Waals surface area (Å²) in [6, 6.07) is 8.23. The molecule has 0 aliphatic rings. The van der Waals surface area contributed by atoms with E-state index >= 15 is 0 Å². The minimum absolute atomic E-state index is 0.345. The summed E-state index contributed by atoms with van der Waals surface area (Å²) in [7, 11) is 0. The van der Waals surface area contributed by atoms with Crippen molar-refractivity contribution in [1.29, 1.82) is 0 Å². The van der Waals surface area contributed by atoms with Crippen LogP contribution in [0.25, 0.3) is 0 Å². The molecule has 1 aromatic rings. The first-order chi connectivity index (χ1) is 8.04. The molecule has 0 saturated heterocycles. The third-order valence-corrected chi connectivity index (χ3v) is 2.81. The molecular weight excluding hydrogens is 214 g/mol. The van der Waals surface area contributed by atoms with E-state index in [0.717, 1.165) is 18.7 Å². The van der Waals surface area contributed by atoms with Crippen LogP contribution in [0.2, 0.25) is 0 Å². The predicted molar refractivity (Wildman–Crippen MR) is 70.5 cm³/mol. The Morgan fingerprint density at radius 3 is 2.41 bits per heavy atom. The standard InChI is InChI=1S/C14H21NO2/c1-4-9-15(10-12(3)14(16)17)13-7-5-11(2)6-8-13/h5-8,12H,4,9-10H2,1-3H3,(H,16,17). The fraction of sp³-hybridized carbons (Fsp3) is 0.500. The molecule has 17 heavy (non-hydrogen) atoms. The van der Waals surface area contributed by atoms with Gasteiger partial charge >= 0.3 is 5.97 Å². The Kier molecular flexibility index (Phi) is 5.01. The van der Waals surface area contributed by atoms with Crippen LogP contribution >= 0.6 is 0 Å². The number of hydrogen-bond donors (Lipinski definition) is 1. The van der Waals surface area contributed by atoms with Gasteiger partial charge in [-0.05, 0) is 25.5 Å². The number of nitrogens with zero attached hydrogens (tertiary/aromatic N) is 1. The molecule has 0 heterocycles. The Labute approximate surface area is 103 Å². The normalized spacial score (nSPS) is 12.2. The minimum Gasteiger partial charge on any atom is -0.481 e. The van der Waals surface area contributed by atoms with E-state index in [0.29, 0.717) is 6.54 Å². The second-order valence-corrected chi connectivity index (χ2v) is 4.52. The molecule has 94 valence electrons. The molecule has 0 aliphatic heterocycles. The fourth-order valence-corrected chi connectivity index (χ4v) is 1.76. The first kappa shape index (κ1) is 13.6. The lowest BCUT2D eigenvalue weighted by molar-refractivity contribution is -0.140. The average molecular weight is 235 g/mol. The number of carboxylic acids is 1. The van der Waals surface area contributed by atoms with Crippen LogP contribution in [0.5, 0.6) is 0 Å². The number of benzene rings is 1. The summed E-state index contributed by atoms with van der Waals surface area (Å²) in [6.45, 7) is 7.35. The van der Waals surface area contributed by atoms with E-state index in [9.17, 15) is 4.79 Å². The number of hydrogen-bond acceptors (Lipinski definition) is 2. The van der Waals surface area contributed by atoms with Crippen molar-refractivity contribution in [2.45, 2.75) is 27.2 Å². The SMILES string of the molecule is CCCN(CC(C)C(=O)O)c1ccc(C)cc1. The lowest BCUT2D eigenvalue weighted by atomic mass is 10.1. The number of carboxylic acid groups (broad SMARTS) is 1. The van der Waals surface area contributed by atoms with Gasteiger partial charge in [0.15, 0.2) is 0 Å². The summed E-state index contributed by atoms with van der Waals surface area (Å²) in [5.41, 5.74) is 2.32. The Bertz CT molecular complexity index is 359. The van der Waals surface area contributed by atoms with E-state index in [-0.39, 0.29) is 5.92 Å². The van der Waals surface area contributed by atoms with Gasteiger partial charge in [0, 0.05) is 18.8 Å². The van der Waals surface area contributed by atoms with Gasteiger partial charge < -0.3 is 10.0 Å². The summed E-state index contributed by atoms with van der Waals surface area (Å²) in [6.07, 6.45) is 1.01. The van der Waals surface area contributed by atoms with Gasteiger partial charge in [-0.2, -0.15) is 0 Å². The molecule has 3 heteroatoms. The molecule has 0 fully saturated rings. The molecule has 1 rings (SSSR count). The van der Waals surface area contributed by atoms with Crippen LogP contribution in [0.3, 0.4) is 0 Å². The lowest BCUT2D eigenvalue weighted by Gasteiger charge is -2.26. The number of anilines is 1. The van der Waals surface area contributed by atoms with Gasteiger partial charge in [0.05, 0.1) is 5.92 Å². The largest absolute Gasteiger partial charge is 0.481 e. The third kappa shape index (κ3) is 4.10. The quantitative estimate of drug-likeness (QED) is 0.824. The highest BCUT2D eigenvalue weighted by Gasteiger charge is 2.15. The van der Waals surface area contributed by atoms with Gasteiger partial charge in [0.2, 0.25) is 0 Å². The van der Waals surface area contributed by atoms with Crippen molar-refractivity contribution < 1.29 is 9.90 Å². The second kappa shape index (κ2) is 6.28. The molecule has 1 aromatic carbocycles. The molecule has 0 aliphatic carbocycles. The lowest BCUT2D eigenvalue weighted by Crippen LogP contribution is -2.32. The fourth-order valence-electron chi connectivity index (χ4n) is 1.76. The molecule has 0 saturated carbocycles. The third-order valence-electron chi connectivity index (χ3n) is 2.81. The van der Waals surface area contributed by atoms with E-state index in [4.69, 9.17) is 5.11 Å². The molecule has 0 spiro atoms. The average Bonchev–Trinajstić information content (AvgIpc) is 2.29. The van der Waals surface area contributed by atoms with Crippen LogP contribution in [0.15, 0.2) is 24.3 Å². The number of carbonyl (C=O) groups is 1. The molecule has 0 bridgehead atoms. The molecule has 0 amide bonds. The highest BCUT2D eigenvalue weighted by molar-refractivity contribution is 5.70. The van der Waals surface area contributed by atoms with Crippen LogP contribution in [-0.4, -0.2) is 24.2 Å². The van der Waals surface area contributed by atoms with Crippen molar-refractivity contribution in [2.75, 3.05) is 18.0 Å². The zero-order valence-corrected chi connectivity index (χ0v) is 10.8. The Morgan fingerprint density at radius 1 is 1.35 bits per heavy atom. The van der Waals surface area contributed by atoms with Gasteiger partial charge in [-0.1, -0.05) is 31.5 Å². The van der Waals surface area contributed by atoms with Crippen molar-refractivity contribution in [3.63, 3.8) is 0 Å². The van der Waals surface area contributed by atoms with Crippen molar-refractivity contribution in [1.82, 2.24) is 0 Å². The molecule has 1 N–H and O–H groups in total. The Hall–Kier alpha value is -1.51. The molecular formula is C14H21NO2. The second-order valence-electron chi connectivity index (χ2n) is 4.52. The maximum absolute atomic E-state index is 10.9. The molecule has 0 radical (unpaired) electrons. The van der Waals surface area contributed by atoms with Crippen molar-refractivity contribution in [2.24, 2.45) is 5.92 Å². The van der Waals surface area contributed by atoms with Crippen LogP contribution in [0, 0.1) is 12.8 Å². The van der Waals surface area contributed by atoms with E-state index in [1.54, 1.807) is 6.92 Å². The topological polar surface area (TPSA) is 40.5 Å². The van der Waals surface area contributed by atoms with Crippen molar-refractivity contribution in [3.05, 3.63) is 29.8 Å². The summed E-state index contributed by atoms with van der Waals surface area (Å²) < 4.78 is 0. The predicted octanol–water partition coefficient (Wildman–Crippen LogP) is 2.93. The van der Waals surface area contributed by atoms with E-state index in [1.165, 1.54) is 5.56 Å². The zero-order valence-electron chi connectivity index (χ0n) is 10.8. The first-order valence-electron chi connectivity index (χ1n) is 6.09. The van der Waals surface area contributed by atoms with Gasteiger partial charge in [0.25, 0.3) is 0 Å². The van der Waals surface area contributed by atoms with Gasteiger partial charge in [0.1, 0.15) is 0 Å². The van der Waals surface area contributed by atoms with E-state index in [2.05, 4.69) is 36.1 Å². The molecule has 1 unspecified atom stereocenters. The Balaban J connectivity index is 2.78. The summed E-state index contributed by atoms with van der Waals surface area (Å²) in [5.74, 6) is -1.08. The number of aliphatic carboxylic acids is 1. The van der Waals surface area contributed by atoms with Crippen LogP contribution in [0.4, 0.5) is 5.69 Å². The van der Waals surface area contributed by atoms with Crippen molar-refractivity contribution in [3.8, 4) is 0 Å². The van der Waals surface area contributed by atoms with E-state index in [1.807, 2.05) is 6.92 Å². The Morgan fingerprint density at radius 2 is 1.94 bits per heavy atom. The maximum Gasteiger partial charge on any atom is 0.308 e. The van der Waals surface area contributed by atoms with Gasteiger partial charge in [-0.15, -0.1) is 0 Å². The summed E-state index contributed by atoms with van der Waals surface area (Å²) >= 11 is 0. The maximum atomic E-state index is 10.9. The molecule has 3 nitrogen and oxygen atoms in total. The van der Waals surface area contributed by atoms with Crippen LogP contribution in [0.1, 0.15) is 25.8 Å². The van der Waals surface area contributed by atoms with Crippen LogP contribution < -0.4 is 4.90 Å². The highest BCUT2D eigenvalue weighted by Crippen LogP contribution is 2.17. The smallest absolute Gasteiger partial charge is 0.308 e. The number of rotatable bonds is 6. The number of aryl methyl sites for hydroxylation is 1. The van der Waals surface area contributed by atoms with Gasteiger partial charge in [-0.3, -0.25) is 4.79 Å². The van der Waals surface area contributed by atoms with Crippen molar-refractivity contribution >= 4 is 11.7 Å². The zero-order chi connectivity index (χ0) is 12.8. The van der Waals surface area contributed by atoms with Crippen LogP contribution in [-0.2, 0) is 4.79 Å². The molecule has 1 atom stereocenters. The molecule has 0 aromatic heterocycles. The van der Waals surface area contributed by atoms with E-state index < -0.39 is 5.97 Å².